The van der Waals surface area contributed by atoms with E-state index in [2.05, 4.69) is 10.2 Å². The first-order chi connectivity index (χ1) is 9.54. The second-order valence-electron chi connectivity index (χ2n) is 5.18. The molecular weight excluding hydrogens is 248 g/mol. The van der Waals surface area contributed by atoms with Crippen molar-refractivity contribution in [2.75, 3.05) is 0 Å². The van der Waals surface area contributed by atoms with Gasteiger partial charge >= 0.3 is 0 Å². The van der Waals surface area contributed by atoms with Crippen LogP contribution in [0, 0.1) is 13.8 Å². The fraction of sp³-hybridized carbons (Fsp3) is 0.294. The first-order valence-corrected chi connectivity index (χ1v) is 6.80. The Morgan fingerprint density at radius 1 is 0.900 bits per heavy atom. The summed E-state index contributed by atoms with van der Waals surface area (Å²) in [6.07, 6.45) is 0.116. The minimum absolute atomic E-state index is 0.116. The number of aryl methyl sites for hydroxylation is 2. The van der Waals surface area contributed by atoms with Gasteiger partial charge in [0.2, 0.25) is 0 Å². The molecule has 0 bridgehead atoms. The fourth-order valence-electron chi connectivity index (χ4n) is 1.86. The molecule has 2 aromatic carbocycles. The SMILES string of the molecule is Cc1cccc(N=Nc2cc(C)ccc2OC(C)C)c1. The van der Waals surface area contributed by atoms with Crippen molar-refractivity contribution in [1.82, 2.24) is 0 Å². The van der Waals surface area contributed by atoms with Gasteiger partial charge in [-0.2, -0.15) is 5.11 Å². The molecule has 2 aromatic rings. The molecule has 3 nitrogen and oxygen atoms in total. The van der Waals surface area contributed by atoms with Crippen molar-refractivity contribution in [3.63, 3.8) is 0 Å². The van der Waals surface area contributed by atoms with Crippen molar-refractivity contribution in [2.45, 2.75) is 33.8 Å². The number of hydrogen-bond acceptors (Lipinski definition) is 3. The zero-order valence-corrected chi connectivity index (χ0v) is 12.4. The van der Waals surface area contributed by atoms with Gasteiger partial charge in [-0.1, -0.05) is 18.2 Å². The lowest BCUT2D eigenvalue weighted by atomic mass is 10.2. The number of benzene rings is 2. The van der Waals surface area contributed by atoms with Gasteiger partial charge in [-0.15, -0.1) is 5.11 Å². The molecule has 0 saturated carbocycles. The van der Waals surface area contributed by atoms with Gasteiger partial charge in [0.05, 0.1) is 11.8 Å². The highest BCUT2D eigenvalue weighted by Gasteiger charge is 2.05. The van der Waals surface area contributed by atoms with E-state index in [-0.39, 0.29) is 6.10 Å². The minimum atomic E-state index is 0.116. The molecule has 0 aliphatic carbocycles. The normalized spacial score (nSPS) is 11.2. The molecule has 0 N–H and O–H groups in total. The molecule has 0 unspecified atom stereocenters. The molecule has 0 aromatic heterocycles. The van der Waals surface area contributed by atoms with Gasteiger partial charge in [0.15, 0.2) is 0 Å². The summed E-state index contributed by atoms with van der Waals surface area (Å²) in [6.45, 7) is 8.08. The monoisotopic (exact) mass is 268 g/mol. The van der Waals surface area contributed by atoms with Crippen LogP contribution in [-0.4, -0.2) is 6.10 Å². The third-order valence-electron chi connectivity index (χ3n) is 2.75. The summed E-state index contributed by atoms with van der Waals surface area (Å²) in [4.78, 5) is 0. The minimum Gasteiger partial charge on any atom is -0.489 e. The van der Waals surface area contributed by atoms with Gasteiger partial charge < -0.3 is 4.74 Å². The van der Waals surface area contributed by atoms with Crippen LogP contribution in [0.2, 0.25) is 0 Å². The maximum Gasteiger partial charge on any atom is 0.147 e. The topological polar surface area (TPSA) is 34.0 Å². The van der Waals surface area contributed by atoms with Crippen LogP contribution in [-0.2, 0) is 0 Å². The predicted octanol–water partition coefficient (Wildman–Crippen LogP) is 5.51. The molecule has 3 heteroatoms. The zero-order chi connectivity index (χ0) is 14.5. The lowest BCUT2D eigenvalue weighted by Gasteiger charge is -2.11. The van der Waals surface area contributed by atoms with Crippen molar-refractivity contribution in [2.24, 2.45) is 10.2 Å². The van der Waals surface area contributed by atoms with Gasteiger partial charge in [0, 0.05) is 0 Å². The highest BCUT2D eigenvalue weighted by atomic mass is 16.5. The molecule has 0 fully saturated rings. The van der Waals surface area contributed by atoms with E-state index in [1.54, 1.807) is 0 Å². The molecule has 104 valence electrons. The molecule has 0 spiro atoms. The molecule has 0 radical (unpaired) electrons. The summed E-state index contributed by atoms with van der Waals surface area (Å²) in [5, 5.41) is 8.62. The summed E-state index contributed by atoms with van der Waals surface area (Å²) in [7, 11) is 0. The Morgan fingerprint density at radius 3 is 2.35 bits per heavy atom. The highest BCUT2D eigenvalue weighted by Crippen LogP contribution is 2.31. The Balaban J connectivity index is 2.29. The van der Waals surface area contributed by atoms with Crippen LogP contribution >= 0.6 is 0 Å². The predicted molar refractivity (Wildman–Crippen MR) is 82.3 cm³/mol. The Kier molecular flexibility index (Phi) is 4.51. The van der Waals surface area contributed by atoms with Crippen LogP contribution in [0.1, 0.15) is 25.0 Å². The fourth-order valence-corrected chi connectivity index (χ4v) is 1.86. The van der Waals surface area contributed by atoms with E-state index < -0.39 is 0 Å². The van der Waals surface area contributed by atoms with Crippen LogP contribution in [0.5, 0.6) is 5.75 Å². The average Bonchev–Trinajstić information content (AvgIpc) is 2.39. The van der Waals surface area contributed by atoms with E-state index in [4.69, 9.17) is 4.74 Å². The molecule has 0 saturated heterocycles. The van der Waals surface area contributed by atoms with Crippen LogP contribution in [0.3, 0.4) is 0 Å². The molecule has 0 aliphatic heterocycles. The zero-order valence-electron chi connectivity index (χ0n) is 12.4. The highest BCUT2D eigenvalue weighted by molar-refractivity contribution is 5.53. The Bertz CT molecular complexity index is 618. The van der Waals surface area contributed by atoms with Gasteiger partial charge in [-0.25, -0.2) is 0 Å². The first-order valence-electron chi connectivity index (χ1n) is 6.80. The summed E-state index contributed by atoms with van der Waals surface area (Å²) >= 11 is 0. The Morgan fingerprint density at radius 2 is 1.65 bits per heavy atom. The van der Waals surface area contributed by atoms with E-state index in [0.717, 1.165) is 22.7 Å². The molecule has 0 amide bonds. The summed E-state index contributed by atoms with van der Waals surface area (Å²) in [5.74, 6) is 0.766. The number of ether oxygens (including phenoxy) is 1. The summed E-state index contributed by atoms with van der Waals surface area (Å²) < 4.78 is 5.76. The van der Waals surface area contributed by atoms with Gasteiger partial charge in [-0.05, 0) is 63.1 Å². The second kappa shape index (κ2) is 6.33. The van der Waals surface area contributed by atoms with Gasteiger partial charge in [0.25, 0.3) is 0 Å². The standard InChI is InChI=1S/C17H20N2O/c1-12(2)20-17-9-8-14(4)11-16(17)19-18-15-7-5-6-13(3)10-15/h5-12H,1-4H3. The first kappa shape index (κ1) is 14.3. The van der Waals surface area contributed by atoms with Crippen LogP contribution in [0.15, 0.2) is 52.7 Å². The second-order valence-corrected chi connectivity index (χ2v) is 5.18. The summed E-state index contributed by atoms with van der Waals surface area (Å²) in [5.41, 5.74) is 3.92. The average molecular weight is 268 g/mol. The van der Waals surface area contributed by atoms with Crippen molar-refractivity contribution in [3.05, 3.63) is 53.6 Å². The van der Waals surface area contributed by atoms with E-state index >= 15 is 0 Å². The lowest BCUT2D eigenvalue weighted by Crippen LogP contribution is -2.05. The lowest BCUT2D eigenvalue weighted by molar-refractivity contribution is 0.243. The van der Waals surface area contributed by atoms with Crippen LogP contribution in [0.25, 0.3) is 0 Å². The third-order valence-corrected chi connectivity index (χ3v) is 2.75. The maximum absolute atomic E-state index is 5.76. The molecule has 0 atom stereocenters. The smallest absolute Gasteiger partial charge is 0.147 e. The number of azo groups is 1. The van der Waals surface area contributed by atoms with Crippen molar-refractivity contribution in [3.8, 4) is 5.75 Å². The van der Waals surface area contributed by atoms with E-state index in [0.29, 0.717) is 0 Å². The van der Waals surface area contributed by atoms with Crippen molar-refractivity contribution >= 4 is 11.4 Å². The molecular formula is C17H20N2O. The number of hydrogen-bond donors (Lipinski definition) is 0. The van der Waals surface area contributed by atoms with E-state index in [9.17, 15) is 0 Å². The maximum atomic E-state index is 5.76. The van der Waals surface area contributed by atoms with Crippen molar-refractivity contribution < 1.29 is 4.74 Å². The van der Waals surface area contributed by atoms with Crippen molar-refractivity contribution in [1.29, 1.82) is 0 Å². The van der Waals surface area contributed by atoms with E-state index in [1.807, 2.05) is 70.2 Å². The molecule has 2 rings (SSSR count). The largest absolute Gasteiger partial charge is 0.489 e. The quantitative estimate of drug-likeness (QED) is 0.673. The molecule has 0 aliphatic rings. The van der Waals surface area contributed by atoms with Gasteiger partial charge in [0.1, 0.15) is 11.4 Å². The summed E-state index contributed by atoms with van der Waals surface area (Å²) in [6, 6.07) is 13.9. The van der Waals surface area contributed by atoms with Crippen LogP contribution in [0.4, 0.5) is 11.4 Å². The number of rotatable bonds is 4. The van der Waals surface area contributed by atoms with Crippen LogP contribution < -0.4 is 4.74 Å². The van der Waals surface area contributed by atoms with E-state index in [1.165, 1.54) is 5.56 Å². The van der Waals surface area contributed by atoms with Gasteiger partial charge in [-0.3, -0.25) is 0 Å². The Labute approximate surface area is 120 Å². The third kappa shape index (κ3) is 3.92. The molecule has 20 heavy (non-hydrogen) atoms. The molecule has 0 heterocycles. The Hall–Kier alpha value is -2.16. The number of nitrogens with zero attached hydrogens (tertiary/aromatic N) is 2.